The molecule has 1 N–H and O–H groups in total. The molecule has 0 bridgehead atoms. The standard InChI is InChI=1S/C16H24N2O3S/c1-9(2)11(4)17-15(19)14-7-22-8-18(14)16(20)13-6-10(3)21-12(13)5/h6,9,11,14H,7-8H2,1-5H3,(H,17,19). The molecule has 0 spiro atoms. The molecular weight excluding hydrogens is 300 g/mol. The normalized spacial score (nSPS) is 19.5. The van der Waals surface area contributed by atoms with Gasteiger partial charge in [-0.3, -0.25) is 9.59 Å². The summed E-state index contributed by atoms with van der Waals surface area (Å²) in [6, 6.07) is 1.42. The molecule has 1 aromatic heterocycles. The van der Waals surface area contributed by atoms with Crippen LogP contribution in [-0.2, 0) is 4.79 Å². The van der Waals surface area contributed by atoms with Crippen LogP contribution in [0.15, 0.2) is 10.5 Å². The molecule has 1 fully saturated rings. The number of hydrogen-bond acceptors (Lipinski definition) is 4. The molecule has 0 radical (unpaired) electrons. The Bertz CT molecular complexity index is 568. The van der Waals surface area contributed by atoms with E-state index in [-0.39, 0.29) is 17.9 Å². The van der Waals surface area contributed by atoms with Gasteiger partial charge in [-0.25, -0.2) is 0 Å². The van der Waals surface area contributed by atoms with Crippen LogP contribution in [0.25, 0.3) is 0 Å². The second-order valence-corrected chi connectivity index (χ2v) is 7.16. The zero-order chi connectivity index (χ0) is 16.4. The monoisotopic (exact) mass is 324 g/mol. The molecule has 6 heteroatoms. The summed E-state index contributed by atoms with van der Waals surface area (Å²) in [5.74, 6) is 2.65. The molecule has 0 saturated carbocycles. The number of thioether (sulfide) groups is 1. The maximum atomic E-state index is 12.7. The molecule has 0 aliphatic carbocycles. The van der Waals surface area contributed by atoms with Gasteiger partial charge in [-0.1, -0.05) is 13.8 Å². The Morgan fingerprint density at radius 1 is 1.36 bits per heavy atom. The van der Waals surface area contributed by atoms with E-state index in [1.54, 1.807) is 29.7 Å². The van der Waals surface area contributed by atoms with Gasteiger partial charge in [0, 0.05) is 11.8 Å². The van der Waals surface area contributed by atoms with Crippen LogP contribution in [0.1, 0.15) is 42.6 Å². The lowest BCUT2D eigenvalue weighted by molar-refractivity contribution is -0.125. The zero-order valence-electron chi connectivity index (χ0n) is 13.8. The number of carbonyl (C=O) groups is 2. The van der Waals surface area contributed by atoms with Crippen molar-refractivity contribution in [3.8, 4) is 0 Å². The van der Waals surface area contributed by atoms with Gasteiger partial charge in [0.1, 0.15) is 17.6 Å². The molecule has 2 amide bonds. The van der Waals surface area contributed by atoms with Crippen molar-refractivity contribution >= 4 is 23.6 Å². The summed E-state index contributed by atoms with van der Waals surface area (Å²) in [4.78, 5) is 26.8. The number of amides is 2. The Labute approximate surface area is 135 Å². The molecule has 2 heterocycles. The van der Waals surface area contributed by atoms with Crippen molar-refractivity contribution in [2.24, 2.45) is 5.92 Å². The zero-order valence-corrected chi connectivity index (χ0v) is 14.6. The number of furan rings is 1. The molecule has 1 aliphatic heterocycles. The predicted molar refractivity (Wildman–Crippen MR) is 87.9 cm³/mol. The summed E-state index contributed by atoms with van der Waals surface area (Å²) in [7, 11) is 0. The average molecular weight is 324 g/mol. The Balaban J connectivity index is 2.12. The first-order chi connectivity index (χ1) is 10.3. The second kappa shape index (κ2) is 6.77. The molecule has 1 saturated heterocycles. The predicted octanol–water partition coefficient (Wildman–Crippen LogP) is 2.57. The topological polar surface area (TPSA) is 62.6 Å². The van der Waals surface area contributed by atoms with Crippen molar-refractivity contribution in [3.05, 3.63) is 23.2 Å². The van der Waals surface area contributed by atoms with Crippen LogP contribution in [-0.4, -0.2) is 40.4 Å². The third-order valence-electron chi connectivity index (χ3n) is 4.09. The molecule has 122 valence electrons. The summed E-state index contributed by atoms with van der Waals surface area (Å²) in [5, 5.41) is 3.01. The van der Waals surface area contributed by atoms with Crippen molar-refractivity contribution in [1.29, 1.82) is 0 Å². The first-order valence-corrected chi connectivity index (χ1v) is 8.72. The summed E-state index contributed by atoms with van der Waals surface area (Å²) < 4.78 is 5.43. The van der Waals surface area contributed by atoms with E-state index >= 15 is 0 Å². The van der Waals surface area contributed by atoms with Crippen LogP contribution in [0.2, 0.25) is 0 Å². The van der Waals surface area contributed by atoms with Gasteiger partial charge in [0.15, 0.2) is 0 Å². The first kappa shape index (κ1) is 16.9. The molecule has 1 aliphatic rings. The van der Waals surface area contributed by atoms with E-state index in [0.717, 1.165) is 0 Å². The van der Waals surface area contributed by atoms with Crippen LogP contribution in [0.5, 0.6) is 0 Å². The summed E-state index contributed by atoms with van der Waals surface area (Å²) in [6.07, 6.45) is 0. The van der Waals surface area contributed by atoms with Crippen molar-refractivity contribution < 1.29 is 14.0 Å². The maximum Gasteiger partial charge on any atom is 0.258 e. The van der Waals surface area contributed by atoms with Crippen molar-refractivity contribution in [3.63, 3.8) is 0 Å². The first-order valence-electron chi connectivity index (χ1n) is 7.57. The number of nitrogens with one attached hydrogen (secondary N) is 1. The third-order valence-corrected chi connectivity index (χ3v) is 5.10. The molecule has 2 rings (SSSR count). The minimum absolute atomic E-state index is 0.0718. The van der Waals surface area contributed by atoms with Gasteiger partial charge in [-0.2, -0.15) is 0 Å². The van der Waals surface area contributed by atoms with Gasteiger partial charge in [-0.05, 0) is 32.8 Å². The van der Waals surface area contributed by atoms with Crippen molar-refractivity contribution in [2.75, 3.05) is 11.6 Å². The Morgan fingerprint density at radius 3 is 2.59 bits per heavy atom. The lowest BCUT2D eigenvalue weighted by Gasteiger charge is -2.25. The Morgan fingerprint density at radius 2 is 2.05 bits per heavy atom. The number of nitrogens with zero attached hydrogens (tertiary/aromatic N) is 1. The molecule has 22 heavy (non-hydrogen) atoms. The molecule has 1 aromatic rings. The smallest absolute Gasteiger partial charge is 0.258 e. The SMILES string of the molecule is Cc1cc(C(=O)N2CSCC2C(=O)NC(C)C(C)C)c(C)o1. The molecule has 0 aromatic carbocycles. The van der Waals surface area contributed by atoms with Crippen molar-refractivity contribution in [1.82, 2.24) is 10.2 Å². The Hall–Kier alpha value is -1.43. The minimum Gasteiger partial charge on any atom is -0.466 e. The van der Waals surface area contributed by atoms with E-state index in [1.807, 2.05) is 13.8 Å². The van der Waals surface area contributed by atoms with E-state index in [4.69, 9.17) is 4.42 Å². The highest BCUT2D eigenvalue weighted by atomic mass is 32.2. The molecule has 5 nitrogen and oxygen atoms in total. The lowest BCUT2D eigenvalue weighted by atomic mass is 10.1. The van der Waals surface area contributed by atoms with Crippen LogP contribution < -0.4 is 5.32 Å². The number of carbonyl (C=O) groups excluding carboxylic acids is 2. The van der Waals surface area contributed by atoms with Gasteiger partial charge in [0.05, 0.1) is 11.4 Å². The van der Waals surface area contributed by atoms with Crippen LogP contribution in [0.4, 0.5) is 0 Å². The summed E-state index contributed by atoms with van der Waals surface area (Å²) in [5.41, 5.74) is 0.551. The van der Waals surface area contributed by atoms with E-state index in [1.165, 1.54) is 0 Å². The lowest BCUT2D eigenvalue weighted by Crippen LogP contribution is -2.50. The number of aryl methyl sites for hydroxylation is 2. The molecular formula is C16H24N2O3S. The second-order valence-electron chi connectivity index (χ2n) is 6.16. The fourth-order valence-electron chi connectivity index (χ4n) is 2.35. The van der Waals surface area contributed by atoms with Crippen LogP contribution in [0, 0.1) is 19.8 Å². The van der Waals surface area contributed by atoms with Gasteiger partial charge >= 0.3 is 0 Å². The minimum atomic E-state index is -0.409. The highest BCUT2D eigenvalue weighted by Crippen LogP contribution is 2.25. The quantitative estimate of drug-likeness (QED) is 0.924. The maximum absolute atomic E-state index is 12.7. The van der Waals surface area contributed by atoms with E-state index < -0.39 is 6.04 Å². The summed E-state index contributed by atoms with van der Waals surface area (Å²) in [6.45, 7) is 9.71. The fourth-order valence-corrected chi connectivity index (χ4v) is 3.50. The average Bonchev–Trinajstić information content (AvgIpc) is 3.04. The highest BCUT2D eigenvalue weighted by molar-refractivity contribution is 7.99. The van der Waals surface area contributed by atoms with Crippen LogP contribution >= 0.6 is 11.8 Å². The molecule has 2 atom stereocenters. The number of hydrogen-bond donors (Lipinski definition) is 1. The van der Waals surface area contributed by atoms with Gasteiger partial charge < -0.3 is 14.6 Å². The largest absolute Gasteiger partial charge is 0.466 e. The van der Waals surface area contributed by atoms with Crippen LogP contribution in [0.3, 0.4) is 0 Å². The highest BCUT2D eigenvalue weighted by Gasteiger charge is 2.36. The third kappa shape index (κ3) is 3.48. The van der Waals surface area contributed by atoms with Gasteiger partial charge in [0.2, 0.25) is 5.91 Å². The molecule has 2 unspecified atom stereocenters. The number of rotatable bonds is 4. The van der Waals surface area contributed by atoms with Crippen molar-refractivity contribution in [2.45, 2.75) is 46.7 Å². The Kier molecular flexibility index (Phi) is 5.21. The van der Waals surface area contributed by atoms with E-state index in [9.17, 15) is 9.59 Å². The van der Waals surface area contributed by atoms with E-state index in [2.05, 4.69) is 19.2 Å². The summed E-state index contributed by atoms with van der Waals surface area (Å²) >= 11 is 1.60. The van der Waals surface area contributed by atoms with Gasteiger partial charge in [-0.15, -0.1) is 11.8 Å². The van der Waals surface area contributed by atoms with Gasteiger partial charge in [0.25, 0.3) is 5.91 Å². The fraction of sp³-hybridized carbons (Fsp3) is 0.625. The van der Waals surface area contributed by atoms with E-state index in [0.29, 0.717) is 34.6 Å².